The first-order valence-corrected chi connectivity index (χ1v) is 13.3. The summed E-state index contributed by atoms with van der Waals surface area (Å²) in [4.78, 5) is 12.9. The molecule has 2 aromatic rings. The number of hydrogen-bond acceptors (Lipinski definition) is 3. The van der Waals surface area contributed by atoms with Gasteiger partial charge in [0.1, 0.15) is 0 Å². The van der Waals surface area contributed by atoms with E-state index in [0.717, 1.165) is 16.8 Å². The molecule has 8 heteroatoms. The Bertz CT molecular complexity index is 908. The lowest BCUT2D eigenvalue weighted by atomic mass is 10.2. The van der Waals surface area contributed by atoms with Crippen LogP contribution in [0.15, 0.2) is 72.9 Å². The van der Waals surface area contributed by atoms with Crippen molar-refractivity contribution < 1.29 is 18.7 Å². The minimum atomic E-state index is -3.10. The van der Waals surface area contributed by atoms with Gasteiger partial charge >= 0.3 is 6.09 Å². The van der Waals surface area contributed by atoms with Gasteiger partial charge in [-0.05, 0) is 34.3 Å². The van der Waals surface area contributed by atoms with Crippen LogP contribution in [-0.4, -0.2) is 49.7 Å². The number of rotatable bonds is 6. The highest BCUT2D eigenvalue weighted by atomic mass is 32.2. The second-order valence-corrected chi connectivity index (χ2v) is 14.5. The summed E-state index contributed by atoms with van der Waals surface area (Å²) in [5.41, 5.74) is 0. The van der Waals surface area contributed by atoms with E-state index in [4.69, 9.17) is 0 Å². The van der Waals surface area contributed by atoms with Gasteiger partial charge in [-0.15, -0.1) is 0 Å². The number of carboxylic acid groups (broad SMARTS) is 1. The van der Waals surface area contributed by atoms with Gasteiger partial charge in [0.05, 0.1) is 6.04 Å². The summed E-state index contributed by atoms with van der Waals surface area (Å²) in [6.45, 7) is 6.69. The van der Waals surface area contributed by atoms with Crippen molar-refractivity contribution in [3.05, 3.63) is 72.9 Å². The lowest BCUT2D eigenvalue weighted by Crippen LogP contribution is -2.73. The Morgan fingerprint density at radius 3 is 2.06 bits per heavy atom. The Morgan fingerprint density at radius 2 is 1.65 bits per heavy atom. The number of carbonyl (C=O) groups is 1. The maximum atomic E-state index is 12.7. The summed E-state index contributed by atoms with van der Waals surface area (Å²) >= 11 is -2.55. The lowest BCUT2D eigenvalue weighted by Gasteiger charge is -2.50. The van der Waals surface area contributed by atoms with Crippen LogP contribution in [0.2, 0.25) is 5.04 Å². The van der Waals surface area contributed by atoms with Crippen molar-refractivity contribution >= 4 is 36.0 Å². The van der Waals surface area contributed by atoms with E-state index in [1.54, 1.807) is 12.3 Å². The van der Waals surface area contributed by atoms with Gasteiger partial charge in [-0.2, -0.15) is 0 Å². The molecule has 1 heterocycles. The summed E-state index contributed by atoms with van der Waals surface area (Å²) in [5.74, 6) is 0. The predicted octanol–water partition coefficient (Wildman–Crippen LogP) is 3.30. The normalized spacial score (nSPS) is 18.3. The topological polar surface area (TPSA) is 83.9 Å². The third kappa shape index (κ3) is 4.46. The number of hydrogen-bond donors (Lipinski definition) is 1. The second-order valence-electron chi connectivity index (χ2n) is 8.76. The van der Waals surface area contributed by atoms with Crippen molar-refractivity contribution in [2.45, 2.75) is 44.7 Å². The Labute approximate surface area is 187 Å². The van der Waals surface area contributed by atoms with Crippen molar-refractivity contribution in [1.29, 1.82) is 0 Å². The Morgan fingerprint density at radius 1 is 1.13 bits per heavy atom. The van der Waals surface area contributed by atoms with Gasteiger partial charge in [0.2, 0.25) is 8.24 Å². The van der Waals surface area contributed by atoms with E-state index in [9.17, 15) is 18.7 Å². The van der Waals surface area contributed by atoms with Crippen LogP contribution in [0.5, 0.6) is 0 Å². The average Bonchev–Trinajstić information content (AvgIpc) is 3.20. The maximum Gasteiger partial charge on any atom is 0.407 e. The van der Waals surface area contributed by atoms with E-state index in [0.29, 0.717) is 13.0 Å². The third-order valence-corrected chi connectivity index (χ3v) is 13.0. The molecular formula is C23H29N2O4SSi-. The van der Waals surface area contributed by atoms with Crippen molar-refractivity contribution in [2.75, 3.05) is 6.54 Å². The molecule has 1 saturated heterocycles. The largest absolute Gasteiger partial charge is 0.756 e. The first kappa shape index (κ1) is 23.2. The molecule has 0 saturated carbocycles. The van der Waals surface area contributed by atoms with Crippen LogP contribution in [0.25, 0.3) is 0 Å². The number of nitrogens with zero attached hydrogens (tertiary/aromatic N) is 2. The monoisotopic (exact) mass is 457 g/mol. The Balaban J connectivity index is 2.22. The molecule has 0 aromatic heterocycles. The Kier molecular flexibility index (Phi) is 7.03. The molecule has 6 nitrogen and oxygen atoms in total. The van der Waals surface area contributed by atoms with Crippen molar-refractivity contribution in [2.24, 2.45) is 0 Å². The van der Waals surface area contributed by atoms with Gasteiger partial charge in [0.15, 0.2) is 0 Å². The fourth-order valence-corrected chi connectivity index (χ4v) is 12.1. The molecule has 2 atom stereocenters. The molecule has 0 aliphatic carbocycles. The van der Waals surface area contributed by atoms with Gasteiger partial charge in [0, 0.05) is 24.0 Å². The molecule has 2 unspecified atom stereocenters. The van der Waals surface area contributed by atoms with Crippen molar-refractivity contribution in [3.8, 4) is 0 Å². The quantitative estimate of drug-likeness (QED) is 0.533. The molecule has 0 radical (unpaired) electrons. The molecule has 1 N–H and O–H groups in total. The molecule has 166 valence electrons. The lowest BCUT2D eigenvalue weighted by molar-refractivity contribution is 0.147. The molecular weight excluding hydrogens is 428 g/mol. The average molecular weight is 458 g/mol. The standard InChI is InChI=1S/C23H30N2O4SSi/c1-23(2,3)31(20-12-6-4-7-13-20,21-14-8-5-9-15-21)25(30(28)29)18-16-19-11-10-17-24(19)22(26)27/h4-9,12-16,18-19H,10-11,17H2,1-3H3,(H,26,27)(H,28,29)/p-1/b18-16+. The zero-order chi connectivity index (χ0) is 22.6. The smallest absolute Gasteiger partial charge is 0.407 e. The highest BCUT2D eigenvalue weighted by Gasteiger charge is 2.53. The van der Waals surface area contributed by atoms with Gasteiger partial charge in [-0.25, -0.2) is 4.79 Å². The molecule has 1 aliphatic rings. The molecule has 0 bridgehead atoms. The summed E-state index contributed by atoms with van der Waals surface area (Å²) in [6, 6.07) is 19.2. The van der Waals surface area contributed by atoms with E-state index >= 15 is 0 Å². The maximum absolute atomic E-state index is 12.7. The molecule has 1 aliphatic heterocycles. The fraction of sp³-hybridized carbons (Fsp3) is 0.348. The zero-order valence-electron chi connectivity index (χ0n) is 18.1. The van der Waals surface area contributed by atoms with E-state index < -0.39 is 30.6 Å². The fourth-order valence-electron chi connectivity index (χ4n) is 4.66. The summed E-state index contributed by atoms with van der Waals surface area (Å²) in [5, 5.41) is 11.0. The van der Waals surface area contributed by atoms with Crippen LogP contribution in [0.3, 0.4) is 0 Å². The van der Waals surface area contributed by atoms with Crippen molar-refractivity contribution in [3.63, 3.8) is 0 Å². The highest BCUT2D eigenvalue weighted by molar-refractivity contribution is 7.78. The molecule has 1 fully saturated rings. The summed E-state index contributed by atoms with van der Waals surface area (Å²) in [6.07, 6.45) is 3.81. The van der Waals surface area contributed by atoms with Crippen LogP contribution in [0.1, 0.15) is 33.6 Å². The first-order valence-electron chi connectivity index (χ1n) is 10.4. The highest BCUT2D eigenvalue weighted by Crippen LogP contribution is 2.39. The number of benzene rings is 2. The Hall–Kier alpha value is -2.42. The molecule has 0 spiro atoms. The third-order valence-electron chi connectivity index (χ3n) is 5.95. The summed E-state index contributed by atoms with van der Waals surface area (Å²) in [7, 11) is -3.10. The first-order chi connectivity index (χ1) is 14.7. The molecule has 31 heavy (non-hydrogen) atoms. The van der Waals surface area contributed by atoms with E-state index in [1.165, 1.54) is 8.87 Å². The van der Waals surface area contributed by atoms with Gasteiger partial charge in [-0.1, -0.05) is 81.4 Å². The van der Waals surface area contributed by atoms with Crippen LogP contribution < -0.4 is 10.4 Å². The number of likely N-dealkylation sites (tertiary alicyclic amines) is 1. The van der Waals surface area contributed by atoms with Crippen LogP contribution in [0.4, 0.5) is 4.79 Å². The van der Waals surface area contributed by atoms with Gasteiger partial charge in [0.25, 0.3) is 0 Å². The van der Waals surface area contributed by atoms with Crippen LogP contribution in [0, 0.1) is 0 Å². The minimum Gasteiger partial charge on any atom is -0.756 e. The van der Waals surface area contributed by atoms with E-state index in [1.807, 2.05) is 60.7 Å². The molecule has 2 aromatic carbocycles. The van der Waals surface area contributed by atoms with E-state index in [-0.39, 0.29) is 6.04 Å². The SMILES string of the molecule is CC(C)(C)[Si](c1ccccc1)(c1ccccc1)N(/C=C/C1CCCN1C(=O)O)S(=O)[O-]. The number of amides is 1. The minimum absolute atomic E-state index is 0.332. The van der Waals surface area contributed by atoms with Crippen LogP contribution in [-0.2, 0) is 11.3 Å². The van der Waals surface area contributed by atoms with Crippen LogP contribution >= 0.6 is 0 Å². The van der Waals surface area contributed by atoms with Crippen molar-refractivity contribution in [1.82, 2.24) is 8.87 Å². The van der Waals surface area contributed by atoms with Gasteiger partial charge in [-0.3, -0.25) is 4.21 Å². The van der Waals surface area contributed by atoms with Gasteiger partial charge < -0.3 is 18.5 Å². The summed E-state index contributed by atoms with van der Waals surface area (Å²) < 4.78 is 27.0. The molecule has 3 rings (SSSR count). The zero-order valence-corrected chi connectivity index (χ0v) is 19.9. The van der Waals surface area contributed by atoms with E-state index in [2.05, 4.69) is 20.8 Å². The predicted molar refractivity (Wildman–Crippen MR) is 125 cm³/mol. The molecule has 1 amide bonds. The second kappa shape index (κ2) is 9.38.